The van der Waals surface area contributed by atoms with E-state index in [0.717, 1.165) is 11.1 Å². The molecule has 1 atom stereocenters. The molecule has 1 amide bonds. The van der Waals surface area contributed by atoms with Gasteiger partial charge in [0.15, 0.2) is 5.82 Å². The minimum atomic E-state index is -3.14. The summed E-state index contributed by atoms with van der Waals surface area (Å²) in [6.45, 7) is 3.56. The summed E-state index contributed by atoms with van der Waals surface area (Å²) in [5.74, 6) is -1.58. The third-order valence-electron chi connectivity index (χ3n) is 5.07. The number of pyridine rings is 1. The Hall–Kier alpha value is -3.52. The molecule has 1 heterocycles. The van der Waals surface area contributed by atoms with E-state index in [2.05, 4.69) is 15.6 Å². The maximum atomic E-state index is 12.7. The van der Waals surface area contributed by atoms with Gasteiger partial charge in [-0.05, 0) is 60.4 Å². The number of rotatable bonds is 7. The summed E-state index contributed by atoms with van der Waals surface area (Å²) in [6, 6.07) is 13.7. The van der Waals surface area contributed by atoms with Gasteiger partial charge in [0.2, 0.25) is 0 Å². The van der Waals surface area contributed by atoms with Crippen LogP contribution in [0.4, 0.5) is 20.3 Å². The molecule has 172 valence electrons. The molecule has 2 N–H and O–H groups in total. The number of methoxy groups -OCH3 is 1. The van der Waals surface area contributed by atoms with Crippen molar-refractivity contribution in [1.82, 2.24) is 4.98 Å². The van der Waals surface area contributed by atoms with Crippen molar-refractivity contribution in [2.75, 3.05) is 17.7 Å². The van der Waals surface area contributed by atoms with Crippen LogP contribution < -0.4 is 10.6 Å². The number of hydrogen-bond donors (Lipinski definition) is 2. The lowest BCUT2D eigenvalue weighted by atomic mass is 9.97. The normalized spacial score (nSPS) is 11.7. The number of esters is 1. The number of alkyl halides is 2. The first-order valence-electron chi connectivity index (χ1n) is 10.0. The number of amides is 1. The molecule has 2 aromatic carbocycles. The van der Waals surface area contributed by atoms with Crippen molar-refractivity contribution in [3.05, 3.63) is 76.4 Å². The molecule has 33 heavy (non-hydrogen) atoms. The first kappa shape index (κ1) is 24.1. The van der Waals surface area contributed by atoms with Crippen LogP contribution in [-0.2, 0) is 9.53 Å². The van der Waals surface area contributed by atoms with Crippen LogP contribution in [0.2, 0.25) is 5.02 Å². The van der Waals surface area contributed by atoms with Gasteiger partial charge in [0, 0.05) is 11.2 Å². The Balaban J connectivity index is 1.85. The predicted octanol–water partition coefficient (Wildman–Crippen LogP) is 5.87. The van der Waals surface area contributed by atoms with Gasteiger partial charge in [0.1, 0.15) is 0 Å². The van der Waals surface area contributed by atoms with Crippen LogP contribution in [0.25, 0.3) is 11.1 Å². The highest BCUT2D eigenvalue weighted by molar-refractivity contribution is 6.31. The van der Waals surface area contributed by atoms with Crippen molar-refractivity contribution in [1.29, 1.82) is 0 Å². The number of hydrogen-bond acceptors (Lipinski definition) is 5. The molecule has 0 aliphatic heterocycles. The summed E-state index contributed by atoms with van der Waals surface area (Å²) in [5, 5.41) is 5.86. The molecule has 3 rings (SSSR count). The van der Waals surface area contributed by atoms with Crippen molar-refractivity contribution in [3.8, 4) is 11.1 Å². The Labute approximate surface area is 194 Å². The summed E-state index contributed by atoms with van der Waals surface area (Å²) >= 11 is 6.12. The van der Waals surface area contributed by atoms with Crippen molar-refractivity contribution in [2.24, 2.45) is 0 Å². The lowest BCUT2D eigenvalue weighted by Crippen LogP contribution is -2.22. The molecule has 0 bridgehead atoms. The Bertz CT molecular complexity index is 1170. The number of aryl methyl sites for hydroxylation is 1. The molecule has 9 heteroatoms. The van der Waals surface area contributed by atoms with E-state index < -0.39 is 18.3 Å². The maximum Gasteiger partial charge on any atom is 0.338 e. The van der Waals surface area contributed by atoms with Crippen LogP contribution in [-0.4, -0.2) is 30.4 Å². The monoisotopic (exact) mass is 473 g/mol. The van der Waals surface area contributed by atoms with Crippen LogP contribution in [0.15, 0.2) is 54.7 Å². The number of nitrogens with zero attached hydrogens (tertiary/aromatic N) is 1. The molecule has 0 saturated heterocycles. The summed E-state index contributed by atoms with van der Waals surface area (Å²) in [6.07, 6.45) is -1.61. The van der Waals surface area contributed by atoms with Gasteiger partial charge < -0.3 is 15.4 Å². The number of nitrogens with one attached hydrogen (secondary N) is 2. The fourth-order valence-electron chi connectivity index (χ4n) is 3.29. The summed E-state index contributed by atoms with van der Waals surface area (Å²) in [5.41, 5.74) is 3.47. The van der Waals surface area contributed by atoms with Gasteiger partial charge in [-0.2, -0.15) is 8.78 Å². The van der Waals surface area contributed by atoms with E-state index in [9.17, 15) is 18.4 Å². The van der Waals surface area contributed by atoms with Crippen LogP contribution in [0.1, 0.15) is 34.5 Å². The average molecular weight is 474 g/mol. The predicted molar refractivity (Wildman–Crippen MR) is 124 cm³/mol. The fourth-order valence-corrected chi connectivity index (χ4v) is 3.46. The Morgan fingerprint density at radius 1 is 1.09 bits per heavy atom. The molecule has 3 aromatic rings. The van der Waals surface area contributed by atoms with E-state index in [-0.39, 0.29) is 17.5 Å². The van der Waals surface area contributed by atoms with E-state index in [1.807, 2.05) is 31.2 Å². The van der Waals surface area contributed by atoms with E-state index in [1.165, 1.54) is 13.3 Å². The zero-order valence-corrected chi connectivity index (χ0v) is 18.9. The first-order valence-corrected chi connectivity index (χ1v) is 10.4. The largest absolute Gasteiger partial charge is 0.465 e. The Kier molecular flexibility index (Phi) is 7.60. The molecule has 1 unspecified atom stereocenters. The lowest BCUT2D eigenvalue weighted by molar-refractivity contribution is -0.126. The van der Waals surface area contributed by atoms with Crippen molar-refractivity contribution >= 4 is 35.0 Å². The molecule has 0 radical (unpaired) electrons. The van der Waals surface area contributed by atoms with Crippen LogP contribution in [0.3, 0.4) is 0 Å². The van der Waals surface area contributed by atoms with Crippen LogP contribution in [0.5, 0.6) is 0 Å². The molecule has 0 spiro atoms. The maximum absolute atomic E-state index is 12.7. The van der Waals surface area contributed by atoms with E-state index in [4.69, 9.17) is 16.3 Å². The minimum absolute atomic E-state index is 0.202. The Morgan fingerprint density at radius 3 is 2.42 bits per heavy atom. The molecule has 6 nitrogen and oxygen atoms in total. The smallest absolute Gasteiger partial charge is 0.338 e. The molecular formula is C24H22ClF2N3O3. The second-order valence-electron chi connectivity index (χ2n) is 7.31. The Morgan fingerprint density at radius 2 is 1.79 bits per heavy atom. The first-order chi connectivity index (χ1) is 15.7. The number of aromatic nitrogens is 1. The average Bonchev–Trinajstić information content (AvgIpc) is 2.80. The summed E-state index contributed by atoms with van der Waals surface area (Å²) < 4.78 is 30.3. The van der Waals surface area contributed by atoms with Crippen LogP contribution in [0, 0.1) is 6.92 Å². The number of ether oxygens (including phenoxy) is 1. The summed E-state index contributed by atoms with van der Waals surface area (Å²) in [4.78, 5) is 27.8. The van der Waals surface area contributed by atoms with Gasteiger partial charge in [-0.3, -0.25) is 4.79 Å². The number of carbonyl (C=O) groups excluding carboxylic acids is 2. The number of halogens is 3. The van der Waals surface area contributed by atoms with E-state index in [1.54, 1.807) is 31.2 Å². The molecule has 0 aliphatic rings. The standard InChI is InChI=1S/C24H22ClF2N3O3/c1-13-10-11-28-22(20(13)30-23(31)21(26)27)29-14(2)15-4-6-16(7-5-15)19-12-17(25)8-9-18(19)24(32)33-3/h4-12,14,21H,1-3H3,(H,28,29)(H,30,31). The zero-order valence-electron chi connectivity index (χ0n) is 18.2. The highest BCUT2D eigenvalue weighted by Crippen LogP contribution is 2.31. The minimum Gasteiger partial charge on any atom is -0.465 e. The van der Waals surface area contributed by atoms with Gasteiger partial charge in [-0.15, -0.1) is 0 Å². The second-order valence-corrected chi connectivity index (χ2v) is 7.75. The van der Waals surface area contributed by atoms with Crippen molar-refractivity contribution in [3.63, 3.8) is 0 Å². The number of carbonyl (C=O) groups is 2. The SMILES string of the molecule is COC(=O)c1ccc(Cl)cc1-c1ccc(C(C)Nc2nccc(C)c2NC(=O)C(F)F)cc1. The van der Waals surface area contributed by atoms with Gasteiger partial charge in [-0.1, -0.05) is 35.9 Å². The zero-order chi connectivity index (χ0) is 24.1. The van der Waals surface area contributed by atoms with E-state index in [0.29, 0.717) is 21.7 Å². The van der Waals surface area contributed by atoms with Crippen molar-refractivity contribution in [2.45, 2.75) is 26.3 Å². The highest BCUT2D eigenvalue weighted by atomic mass is 35.5. The molecule has 0 aliphatic carbocycles. The van der Waals surface area contributed by atoms with Crippen molar-refractivity contribution < 1.29 is 23.1 Å². The number of benzene rings is 2. The van der Waals surface area contributed by atoms with E-state index >= 15 is 0 Å². The van der Waals surface area contributed by atoms with Gasteiger partial charge >= 0.3 is 12.4 Å². The highest BCUT2D eigenvalue weighted by Gasteiger charge is 2.20. The fraction of sp³-hybridized carbons (Fsp3) is 0.208. The van der Waals surface area contributed by atoms with Gasteiger partial charge in [-0.25, -0.2) is 9.78 Å². The molecule has 0 saturated carbocycles. The van der Waals surface area contributed by atoms with Crippen LogP contribution >= 0.6 is 11.6 Å². The third-order valence-corrected chi connectivity index (χ3v) is 5.30. The second kappa shape index (κ2) is 10.4. The van der Waals surface area contributed by atoms with Gasteiger partial charge in [0.25, 0.3) is 5.91 Å². The van der Waals surface area contributed by atoms with Gasteiger partial charge in [0.05, 0.1) is 24.4 Å². The summed E-state index contributed by atoms with van der Waals surface area (Å²) in [7, 11) is 1.31. The quantitative estimate of drug-likeness (QED) is 0.419. The molecular weight excluding hydrogens is 452 g/mol. The molecule has 1 aromatic heterocycles. The lowest BCUT2D eigenvalue weighted by Gasteiger charge is -2.19. The number of anilines is 2. The molecule has 0 fully saturated rings. The topological polar surface area (TPSA) is 80.3 Å². The third kappa shape index (κ3) is 5.64.